The fraction of sp³-hybridized carbons (Fsp3) is 0.125. The number of fused-ring (bicyclic) bond motifs is 1. The van der Waals surface area contributed by atoms with Crippen LogP contribution in [-0.4, -0.2) is 29.0 Å². The predicted molar refractivity (Wildman–Crippen MR) is 121 cm³/mol. The lowest BCUT2D eigenvalue weighted by atomic mass is 9.96. The molecular formula is C24H19F3N2O3S. The quantitative estimate of drug-likeness (QED) is 0.388. The molecule has 0 spiro atoms. The van der Waals surface area contributed by atoms with Crippen molar-refractivity contribution in [3.8, 4) is 11.1 Å². The zero-order chi connectivity index (χ0) is 23.8. The Balaban J connectivity index is 1.59. The van der Waals surface area contributed by atoms with E-state index < -0.39 is 26.3 Å². The number of aliphatic hydroxyl groups excluding tert-OH is 1. The fourth-order valence-electron chi connectivity index (χ4n) is 3.46. The molecule has 0 radical (unpaired) electrons. The monoisotopic (exact) mass is 472 g/mol. The van der Waals surface area contributed by atoms with E-state index in [0.29, 0.717) is 16.9 Å². The maximum atomic E-state index is 12.7. The SMILES string of the molecule is CC(O)c1ccccc1-c1ccc2[nH]c(C=Cc3ccc(S(=O)(=O)C(F)(F)F)cc3)nc2c1. The summed E-state index contributed by atoms with van der Waals surface area (Å²) in [5.74, 6) is 0.526. The van der Waals surface area contributed by atoms with Crippen LogP contribution in [0.4, 0.5) is 13.2 Å². The highest BCUT2D eigenvalue weighted by molar-refractivity contribution is 7.92. The highest BCUT2D eigenvalue weighted by atomic mass is 32.2. The van der Waals surface area contributed by atoms with Crippen LogP contribution < -0.4 is 0 Å². The lowest BCUT2D eigenvalue weighted by molar-refractivity contribution is -0.0436. The van der Waals surface area contributed by atoms with E-state index in [1.54, 1.807) is 19.1 Å². The second-order valence-corrected chi connectivity index (χ2v) is 9.41. The van der Waals surface area contributed by atoms with Crippen molar-refractivity contribution in [3.63, 3.8) is 0 Å². The van der Waals surface area contributed by atoms with Crippen molar-refractivity contribution in [2.45, 2.75) is 23.4 Å². The molecule has 9 heteroatoms. The Morgan fingerprint density at radius 2 is 1.70 bits per heavy atom. The molecule has 33 heavy (non-hydrogen) atoms. The summed E-state index contributed by atoms with van der Waals surface area (Å²) in [5.41, 5.74) is -0.705. The molecule has 1 atom stereocenters. The number of halogens is 3. The third-order valence-electron chi connectivity index (χ3n) is 5.15. The standard InChI is InChI=1S/C24H19F3N2O3S/c1-15(30)19-4-2-3-5-20(19)17-9-12-21-22(14-17)29-23(28-21)13-8-16-6-10-18(11-7-16)33(31,32)24(25,26)27/h2-15,30H,1H3,(H,28,29). The fourth-order valence-corrected chi connectivity index (χ4v) is 4.22. The van der Waals surface area contributed by atoms with Gasteiger partial charge in [0.2, 0.25) is 0 Å². The molecule has 5 nitrogen and oxygen atoms in total. The molecule has 0 bridgehead atoms. The Morgan fingerprint density at radius 1 is 1.00 bits per heavy atom. The van der Waals surface area contributed by atoms with E-state index in [1.807, 2.05) is 42.5 Å². The number of hydrogen-bond donors (Lipinski definition) is 2. The van der Waals surface area contributed by atoms with E-state index in [9.17, 15) is 26.7 Å². The summed E-state index contributed by atoms with van der Waals surface area (Å²) < 4.78 is 60.9. The number of aliphatic hydroxyl groups is 1. The molecule has 4 rings (SSSR count). The highest BCUT2D eigenvalue weighted by Gasteiger charge is 2.46. The van der Waals surface area contributed by atoms with Crippen molar-refractivity contribution in [1.82, 2.24) is 9.97 Å². The number of nitrogens with one attached hydrogen (secondary N) is 1. The van der Waals surface area contributed by atoms with Crippen LogP contribution >= 0.6 is 0 Å². The molecule has 3 aromatic carbocycles. The van der Waals surface area contributed by atoms with Gasteiger partial charge in [0.25, 0.3) is 9.84 Å². The summed E-state index contributed by atoms with van der Waals surface area (Å²) in [5, 5.41) is 10.0. The second kappa shape index (κ2) is 8.49. The third kappa shape index (κ3) is 4.55. The summed E-state index contributed by atoms with van der Waals surface area (Å²) in [6, 6.07) is 17.7. The van der Waals surface area contributed by atoms with Gasteiger partial charge in [0.05, 0.1) is 22.0 Å². The maximum Gasteiger partial charge on any atom is 0.501 e. The topological polar surface area (TPSA) is 83.0 Å². The molecule has 0 amide bonds. The van der Waals surface area contributed by atoms with Crippen LogP contribution in [0.25, 0.3) is 34.3 Å². The van der Waals surface area contributed by atoms with Crippen molar-refractivity contribution >= 4 is 33.0 Å². The Labute approximate surface area is 188 Å². The van der Waals surface area contributed by atoms with Crippen molar-refractivity contribution in [1.29, 1.82) is 0 Å². The van der Waals surface area contributed by atoms with Gasteiger partial charge in [-0.2, -0.15) is 13.2 Å². The number of imidazole rings is 1. The first-order valence-corrected chi connectivity index (χ1v) is 11.4. The van der Waals surface area contributed by atoms with Gasteiger partial charge in [-0.25, -0.2) is 13.4 Å². The van der Waals surface area contributed by atoms with Gasteiger partial charge in [0, 0.05) is 0 Å². The minimum Gasteiger partial charge on any atom is -0.389 e. The van der Waals surface area contributed by atoms with E-state index >= 15 is 0 Å². The van der Waals surface area contributed by atoms with Gasteiger partial charge in [-0.3, -0.25) is 0 Å². The van der Waals surface area contributed by atoms with Gasteiger partial charge >= 0.3 is 5.51 Å². The molecule has 0 saturated heterocycles. The molecule has 1 aromatic heterocycles. The average Bonchev–Trinajstić information content (AvgIpc) is 3.19. The molecule has 1 heterocycles. The highest BCUT2D eigenvalue weighted by Crippen LogP contribution is 2.31. The lowest BCUT2D eigenvalue weighted by Gasteiger charge is -2.11. The van der Waals surface area contributed by atoms with Crippen molar-refractivity contribution in [2.75, 3.05) is 0 Å². The summed E-state index contributed by atoms with van der Waals surface area (Å²) in [6.45, 7) is 1.71. The molecule has 2 N–H and O–H groups in total. The summed E-state index contributed by atoms with van der Waals surface area (Å²) >= 11 is 0. The van der Waals surface area contributed by atoms with Gasteiger partial charge in [-0.1, -0.05) is 48.5 Å². The number of alkyl halides is 3. The zero-order valence-corrected chi connectivity index (χ0v) is 18.2. The summed E-state index contributed by atoms with van der Waals surface area (Å²) in [4.78, 5) is 6.87. The van der Waals surface area contributed by atoms with Gasteiger partial charge in [0.1, 0.15) is 5.82 Å². The maximum absolute atomic E-state index is 12.7. The van der Waals surface area contributed by atoms with Crippen LogP contribution in [0, 0.1) is 0 Å². The molecule has 0 aliphatic carbocycles. The molecule has 0 aliphatic rings. The van der Waals surface area contributed by atoms with Crippen molar-refractivity contribution < 1.29 is 26.7 Å². The van der Waals surface area contributed by atoms with Crippen molar-refractivity contribution in [3.05, 3.63) is 83.7 Å². The molecule has 4 aromatic rings. The van der Waals surface area contributed by atoms with E-state index in [4.69, 9.17) is 0 Å². The van der Waals surface area contributed by atoms with Gasteiger partial charge < -0.3 is 10.1 Å². The summed E-state index contributed by atoms with van der Waals surface area (Å²) in [6.07, 6.45) is 2.65. The Bertz CT molecular complexity index is 1440. The van der Waals surface area contributed by atoms with Crippen LogP contribution in [0.1, 0.15) is 30.0 Å². The number of aromatic nitrogens is 2. The Morgan fingerprint density at radius 3 is 2.36 bits per heavy atom. The van der Waals surface area contributed by atoms with E-state index in [0.717, 1.165) is 34.3 Å². The molecular weight excluding hydrogens is 453 g/mol. The number of H-pyrrole nitrogens is 1. The number of hydrogen-bond acceptors (Lipinski definition) is 4. The third-order valence-corrected chi connectivity index (χ3v) is 6.65. The number of nitrogens with zero attached hydrogens (tertiary/aromatic N) is 1. The second-order valence-electron chi connectivity index (χ2n) is 7.47. The van der Waals surface area contributed by atoms with E-state index in [1.165, 1.54) is 12.1 Å². The lowest BCUT2D eigenvalue weighted by Crippen LogP contribution is -2.23. The van der Waals surface area contributed by atoms with Gasteiger partial charge in [0.15, 0.2) is 0 Å². The molecule has 0 aliphatic heterocycles. The van der Waals surface area contributed by atoms with Gasteiger partial charge in [-0.05, 0) is 59.5 Å². The van der Waals surface area contributed by atoms with Crippen molar-refractivity contribution in [2.24, 2.45) is 0 Å². The summed E-state index contributed by atoms with van der Waals surface area (Å²) in [7, 11) is -5.37. The van der Waals surface area contributed by atoms with Crippen LogP contribution in [0.15, 0.2) is 71.6 Å². The normalized spacial score (nSPS) is 13.6. The molecule has 1 unspecified atom stereocenters. The largest absolute Gasteiger partial charge is 0.501 e. The number of benzene rings is 3. The van der Waals surface area contributed by atoms with E-state index in [2.05, 4.69) is 9.97 Å². The average molecular weight is 472 g/mol. The van der Waals surface area contributed by atoms with E-state index in [-0.39, 0.29) is 0 Å². The minimum absolute atomic E-state index is 0.517. The van der Waals surface area contributed by atoms with Crippen LogP contribution in [-0.2, 0) is 9.84 Å². The molecule has 170 valence electrons. The molecule has 0 saturated carbocycles. The van der Waals surface area contributed by atoms with Crippen LogP contribution in [0.3, 0.4) is 0 Å². The number of rotatable bonds is 5. The van der Waals surface area contributed by atoms with Crippen LogP contribution in [0.2, 0.25) is 0 Å². The predicted octanol–water partition coefficient (Wildman–Crippen LogP) is 5.75. The number of sulfone groups is 1. The number of aromatic amines is 1. The molecule has 0 fully saturated rings. The van der Waals surface area contributed by atoms with Gasteiger partial charge in [-0.15, -0.1) is 0 Å². The minimum atomic E-state index is -5.37. The zero-order valence-electron chi connectivity index (χ0n) is 17.3. The Hall–Kier alpha value is -3.43. The smallest absolute Gasteiger partial charge is 0.389 e. The Kier molecular flexibility index (Phi) is 5.85. The first-order chi connectivity index (χ1) is 15.6. The first-order valence-electron chi connectivity index (χ1n) is 9.93. The van der Waals surface area contributed by atoms with Crippen LogP contribution in [0.5, 0.6) is 0 Å². The first kappa shape index (κ1) is 22.8.